The van der Waals surface area contributed by atoms with Crippen molar-refractivity contribution in [2.75, 3.05) is 26.3 Å². The first-order valence-corrected chi connectivity index (χ1v) is 14.2. The van der Waals surface area contributed by atoms with Crippen molar-refractivity contribution in [3.05, 3.63) is 0 Å². The minimum absolute atomic E-state index is 0.0862. The van der Waals surface area contributed by atoms with Crippen LogP contribution in [0.1, 0.15) is 99.3 Å². The van der Waals surface area contributed by atoms with Gasteiger partial charge >= 0.3 is 13.6 Å². The third-order valence-electron chi connectivity index (χ3n) is 6.01. The van der Waals surface area contributed by atoms with Crippen molar-refractivity contribution in [3.63, 3.8) is 0 Å². The number of nitrogens with zero attached hydrogens (tertiary/aromatic N) is 1. The van der Waals surface area contributed by atoms with Crippen LogP contribution in [0.15, 0.2) is 0 Å². The third-order valence-corrected chi connectivity index (χ3v) is 8.41. The van der Waals surface area contributed by atoms with Gasteiger partial charge in [-0.15, -0.1) is 0 Å². The van der Waals surface area contributed by atoms with Crippen molar-refractivity contribution >= 4 is 19.5 Å². The van der Waals surface area contributed by atoms with E-state index in [1.54, 1.807) is 18.7 Å². The molecule has 1 amide bonds. The van der Waals surface area contributed by atoms with Crippen LogP contribution in [0.25, 0.3) is 0 Å². The molecule has 0 aliphatic rings. The number of hydrogen-bond donors (Lipinski definition) is 1. The highest BCUT2D eigenvalue weighted by atomic mass is 31.2. The SMILES string of the molecule is CCCCC(CC)CN(CC(CC)CCCC)C(=O)C(CC(=O)O)P(=O)(OCC)OCC. The second kappa shape index (κ2) is 17.6. The molecular weight excluding hydrogens is 429 g/mol. The zero-order valence-electron chi connectivity index (χ0n) is 21.3. The molecule has 1 N–H and O–H groups in total. The highest BCUT2D eigenvalue weighted by molar-refractivity contribution is 7.55. The molecule has 0 aromatic heterocycles. The van der Waals surface area contributed by atoms with Crippen LogP contribution in [0.5, 0.6) is 0 Å². The largest absolute Gasteiger partial charge is 0.481 e. The maximum Gasteiger partial charge on any atom is 0.343 e. The number of aliphatic carboxylic acids is 1. The molecule has 0 aromatic carbocycles. The molecular formula is C24H48NO6P. The van der Waals surface area contributed by atoms with Gasteiger partial charge in [0.25, 0.3) is 0 Å². The van der Waals surface area contributed by atoms with Crippen LogP contribution in [-0.2, 0) is 23.2 Å². The van der Waals surface area contributed by atoms with Crippen LogP contribution in [0.3, 0.4) is 0 Å². The van der Waals surface area contributed by atoms with Crippen molar-refractivity contribution in [2.45, 2.75) is 105 Å². The minimum Gasteiger partial charge on any atom is -0.481 e. The zero-order valence-corrected chi connectivity index (χ0v) is 22.2. The van der Waals surface area contributed by atoms with E-state index in [4.69, 9.17) is 9.05 Å². The van der Waals surface area contributed by atoms with Crippen LogP contribution in [0.4, 0.5) is 0 Å². The van der Waals surface area contributed by atoms with Crippen molar-refractivity contribution in [1.82, 2.24) is 4.90 Å². The van der Waals surface area contributed by atoms with Gasteiger partial charge in [0, 0.05) is 13.1 Å². The number of amides is 1. The Balaban J connectivity index is 6.02. The minimum atomic E-state index is -3.91. The topological polar surface area (TPSA) is 93.1 Å². The van der Waals surface area contributed by atoms with E-state index in [9.17, 15) is 19.3 Å². The summed E-state index contributed by atoms with van der Waals surface area (Å²) in [4.78, 5) is 27.2. The number of hydrogen-bond acceptors (Lipinski definition) is 5. The van der Waals surface area contributed by atoms with E-state index in [0.29, 0.717) is 24.9 Å². The lowest BCUT2D eigenvalue weighted by Crippen LogP contribution is -2.45. The Labute approximate surface area is 196 Å². The zero-order chi connectivity index (χ0) is 24.6. The van der Waals surface area contributed by atoms with Gasteiger partial charge in [-0.05, 0) is 38.5 Å². The molecule has 0 aliphatic carbocycles. The molecule has 0 radical (unpaired) electrons. The normalized spacial score (nSPS) is 14.7. The van der Waals surface area contributed by atoms with E-state index in [1.165, 1.54) is 0 Å². The van der Waals surface area contributed by atoms with Crippen LogP contribution in [0, 0.1) is 11.8 Å². The quantitative estimate of drug-likeness (QED) is 0.205. The van der Waals surface area contributed by atoms with Gasteiger partial charge in [-0.2, -0.15) is 0 Å². The molecule has 0 aromatic rings. The summed E-state index contributed by atoms with van der Waals surface area (Å²) in [6, 6.07) is 0. The van der Waals surface area contributed by atoms with Gasteiger partial charge in [-0.3, -0.25) is 14.2 Å². The molecule has 0 heterocycles. The van der Waals surface area contributed by atoms with E-state index in [0.717, 1.165) is 51.4 Å². The van der Waals surface area contributed by atoms with E-state index in [-0.39, 0.29) is 13.2 Å². The summed E-state index contributed by atoms with van der Waals surface area (Å²) in [5.41, 5.74) is -1.33. The molecule has 8 heteroatoms. The lowest BCUT2D eigenvalue weighted by molar-refractivity contribution is -0.141. The summed E-state index contributed by atoms with van der Waals surface area (Å²) in [7, 11) is -3.91. The first-order chi connectivity index (χ1) is 15.2. The van der Waals surface area contributed by atoms with Gasteiger partial charge < -0.3 is 19.1 Å². The third kappa shape index (κ3) is 11.3. The van der Waals surface area contributed by atoms with Gasteiger partial charge in [0.05, 0.1) is 19.6 Å². The summed E-state index contributed by atoms with van der Waals surface area (Å²) in [6.45, 7) is 13.1. The lowest BCUT2D eigenvalue weighted by atomic mass is 9.95. The second-order valence-corrected chi connectivity index (χ2v) is 10.8. The average molecular weight is 478 g/mol. The average Bonchev–Trinajstić information content (AvgIpc) is 2.76. The molecule has 32 heavy (non-hydrogen) atoms. The molecule has 3 unspecified atom stereocenters. The molecule has 0 fully saturated rings. The first kappa shape index (κ1) is 31.1. The summed E-state index contributed by atoms with van der Waals surface area (Å²) in [5.74, 6) is -0.945. The molecule has 0 rings (SSSR count). The van der Waals surface area contributed by atoms with E-state index < -0.39 is 31.6 Å². The molecule has 7 nitrogen and oxygen atoms in total. The van der Waals surface area contributed by atoms with E-state index >= 15 is 0 Å². The summed E-state index contributed by atoms with van der Waals surface area (Å²) in [5, 5.41) is 9.50. The predicted octanol–water partition coefficient (Wildman–Crippen LogP) is 6.36. The van der Waals surface area contributed by atoms with Crippen molar-refractivity contribution in [1.29, 1.82) is 0 Å². The molecule has 0 saturated carbocycles. The lowest BCUT2D eigenvalue weighted by Gasteiger charge is -2.34. The first-order valence-electron chi connectivity index (χ1n) is 12.6. The molecule has 0 saturated heterocycles. The number of carbonyl (C=O) groups excluding carboxylic acids is 1. The fourth-order valence-electron chi connectivity index (χ4n) is 4.00. The molecule has 190 valence electrons. The van der Waals surface area contributed by atoms with Gasteiger partial charge in [0.1, 0.15) is 0 Å². The van der Waals surface area contributed by atoms with Crippen molar-refractivity contribution in [3.8, 4) is 0 Å². The van der Waals surface area contributed by atoms with Crippen molar-refractivity contribution < 1.29 is 28.3 Å². The maximum atomic E-state index is 13.8. The van der Waals surface area contributed by atoms with Gasteiger partial charge in [-0.25, -0.2) is 0 Å². The Kier molecular flexibility index (Phi) is 17.1. The molecule has 0 spiro atoms. The Hall–Kier alpha value is -0.910. The maximum absolute atomic E-state index is 13.8. The smallest absolute Gasteiger partial charge is 0.343 e. The Morgan fingerprint density at radius 2 is 1.28 bits per heavy atom. The van der Waals surface area contributed by atoms with Gasteiger partial charge in [0.15, 0.2) is 5.66 Å². The molecule has 0 aliphatic heterocycles. The Morgan fingerprint density at radius 3 is 1.59 bits per heavy atom. The van der Waals surface area contributed by atoms with Gasteiger partial charge in [-0.1, -0.05) is 66.2 Å². The number of unbranched alkanes of at least 4 members (excludes halogenated alkanes) is 2. The summed E-state index contributed by atoms with van der Waals surface area (Å²) < 4.78 is 24.3. The van der Waals surface area contributed by atoms with Crippen molar-refractivity contribution in [2.24, 2.45) is 11.8 Å². The summed E-state index contributed by atoms with van der Waals surface area (Å²) in [6.07, 6.45) is 7.69. The number of carboxylic acid groups (broad SMARTS) is 1. The summed E-state index contributed by atoms with van der Waals surface area (Å²) >= 11 is 0. The van der Waals surface area contributed by atoms with Crippen LogP contribution in [0.2, 0.25) is 0 Å². The van der Waals surface area contributed by atoms with Crippen LogP contribution >= 0.6 is 7.60 Å². The number of carbonyl (C=O) groups is 2. The highest BCUT2D eigenvalue weighted by Gasteiger charge is 2.45. The molecule has 0 bridgehead atoms. The highest BCUT2D eigenvalue weighted by Crippen LogP contribution is 2.55. The fourth-order valence-corrected chi connectivity index (χ4v) is 5.97. The van der Waals surface area contributed by atoms with Crippen LogP contribution < -0.4 is 0 Å². The van der Waals surface area contributed by atoms with E-state index in [1.807, 2.05) is 0 Å². The fraction of sp³-hybridized carbons (Fsp3) is 0.917. The number of carboxylic acids is 1. The monoisotopic (exact) mass is 477 g/mol. The second-order valence-electron chi connectivity index (χ2n) is 8.57. The molecule has 3 atom stereocenters. The Bertz CT molecular complexity index is 543. The number of rotatable bonds is 20. The van der Waals surface area contributed by atoms with Crippen LogP contribution in [-0.4, -0.2) is 53.8 Å². The van der Waals surface area contributed by atoms with Gasteiger partial charge in [0.2, 0.25) is 5.91 Å². The standard InChI is InChI=1S/C24H48NO6P/c1-7-13-15-20(9-3)18-25(19-21(10-4)16-14-8-2)24(28)22(17-23(26)27)32(29,30-11-5)31-12-6/h20-22H,7-19H2,1-6H3,(H,26,27). The van der Waals surface area contributed by atoms with E-state index in [2.05, 4.69) is 27.7 Å². The predicted molar refractivity (Wildman–Crippen MR) is 130 cm³/mol. The Morgan fingerprint density at radius 1 is 0.844 bits per heavy atom.